The third-order valence-electron chi connectivity index (χ3n) is 6.57. The van der Waals surface area contributed by atoms with Crippen LogP contribution in [0.25, 0.3) is 0 Å². The molecule has 0 unspecified atom stereocenters. The highest BCUT2D eigenvalue weighted by Crippen LogP contribution is 2.52. The Hall–Kier alpha value is -2.29. The summed E-state index contributed by atoms with van der Waals surface area (Å²) >= 11 is 0. The van der Waals surface area contributed by atoms with Gasteiger partial charge < -0.3 is 20.3 Å². The molecular weight excluding hydrogens is 414 g/mol. The summed E-state index contributed by atoms with van der Waals surface area (Å²) in [4.78, 5) is 12.1. The van der Waals surface area contributed by atoms with Crippen molar-refractivity contribution in [3.05, 3.63) is 41.5 Å². The van der Waals surface area contributed by atoms with Gasteiger partial charge >= 0.3 is 0 Å². The Labute approximate surface area is 198 Å². The Kier molecular flexibility index (Phi) is 8.26. The summed E-state index contributed by atoms with van der Waals surface area (Å²) in [5, 5.41) is 24.2. The molecule has 0 aromatic heterocycles. The summed E-state index contributed by atoms with van der Waals surface area (Å²) in [5.74, 6) is 6.90. The topological polar surface area (TPSA) is 78.8 Å². The molecule has 33 heavy (non-hydrogen) atoms. The minimum Gasteiger partial charge on any atom is -0.489 e. The third kappa shape index (κ3) is 6.40. The van der Waals surface area contributed by atoms with E-state index in [4.69, 9.17) is 4.74 Å². The Morgan fingerprint density at radius 2 is 2.12 bits per heavy atom. The molecule has 1 aliphatic heterocycles. The van der Waals surface area contributed by atoms with Crippen molar-refractivity contribution in [3.63, 3.8) is 0 Å². The number of hydrogen-bond donors (Lipinski definition) is 3. The van der Waals surface area contributed by atoms with Gasteiger partial charge in [0.05, 0.1) is 12.2 Å². The van der Waals surface area contributed by atoms with Gasteiger partial charge in [0.15, 0.2) is 0 Å². The SMILES string of the molecule is CC#CC[C@@H](C)[C@H](O)C=C[C@@H]1[C@H]2c3cccc(CCCC(=O)NC(C)(C)C)c3O[C@H]2C[C@H]1O. The average Bonchev–Trinajstić information content (AvgIpc) is 3.24. The quantitative estimate of drug-likeness (QED) is 0.409. The molecule has 0 bridgehead atoms. The first-order valence-electron chi connectivity index (χ1n) is 12.1. The van der Waals surface area contributed by atoms with E-state index < -0.39 is 12.2 Å². The zero-order chi connectivity index (χ0) is 24.2. The number of para-hydroxylation sites is 1. The summed E-state index contributed by atoms with van der Waals surface area (Å²) in [7, 11) is 0. The molecule has 5 heteroatoms. The molecule has 1 heterocycles. The molecule has 1 fully saturated rings. The Morgan fingerprint density at radius 1 is 1.36 bits per heavy atom. The number of carbonyl (C=O) groups excluding carboxylic acids is 1. The number of fused-ring (bicyclic) bond motifs is 3. The molecule has 2 aliphatic rings. The number of benzene rings is 1. The van der Waals surface area contributed by atoms with Gasteiger partial charge in [-0.3, -0.25) is 4.79 Å². The van der Waals surface area contributed by atoms with Crippen LogP contribution in [0.3, 0.4) is 0 Å². The van der Waals surface area contributed by atoms with Crippen molar-refractivity contribution in [2.75, 3.05) is 0 Å². The van der Waals surface area contributed by atoms with E-state index in [1.54, 1.807) is 6.92 Å². The molecule has 0 saturated heterocycles. The minimum atomic E-state index is -0.593. The maximum atomic E-state index is 12.1. The summed E-state index contributed by atoms with van der Waals surface area (Å²) in [6, 6.07) is 6.20. The lowest BCUT2D eigenvalue weighted by molar-refractivity contribution is -0.122. The molecule has 5 nitrogen and oxygen atoms in total. The summed E-state index contributed by atoms with van der Waals surface area (Å²) in [6.07, 6.45) is 5.87. The monoisotopic (exact) mass is 453 g/mol. The Bertz CT molecular complexity index is 920. The number of aryl methyl sites for hydroxylation is 1. The van der Waals surface area contributed by atoms with Crippen molar-refractivity contribution < 1.29 is 19.7 Å². The molecule has 3 N–H and O–H groups in total. The fourth-order valence-electron chi connectivity index (χ4n) is 4.90. The number of ether oxygens (including phenoxy) is 1. The zero-order valence-electron chi connectivity index (χ0n) is 20.6. The molecule has 1 aromatic carbocycles. The van der Waals surface area contributed by atoms with Crippen molar-refractivity contribution in [1.82, 2.24) is 5.32 Å². The number of amides is 1. The number of carbonyl (C=O) groups is 1. The average molecular weight is 454 g/mol. The van der Waals surface area contributed by atoms with Crippen LogP contribution in [0.2, 0.25) is 0 Å². The van der Waals surface area contributed by atoms with Crippen molar-refractivity contribution in [1.29, 1.82) is 0 Å². The zero-order valence-corrected chi connectivity index (χ0v) is 20.6. The van der Waals surface area contributed by atoms with Crippen LogP contribution in [0, 0.1) is 23.7 Å². The minimum absolute atomic E-state index is 0.0391. The highest BCUT2D eigenvalue weighted by atomic mass is 16.5. The van der Waals surface area contributed by atoms with Crippen LogP contribution in [0.4, 0.5) is 0 Å². The van der Waals surface area contributed by atoms with Crippen molar-refractivity contribution >= 4 is 5.91 Å². The van der Waals surface area contributed by atoms with E-state index >= 15 is 0 Å². The van der Waals surface area contributed by atoms with E-state index in [9.17, 15) is 15.0 Å². The maximum Gasteiger partial charge on any atom is 0.220 e. The van der Waals surface area contributed by atoms with E-state index in [0.717, 1.165) is 29.7 Å². The van der Waals surface area contributed by atoms with E-state index in [2.05, 4.69) is 29.3 Å². The van der Waals surface area contributed by atoms with Crippen LogP contribution in [-0.2, 0) is 11.2 Å². The highest BCUT2D eigenvalue weighted by Gasteiger charge is 2.48. The third-order valence-corrected chi connectivity index (χ3v) is 6.57. The molecule has 1 amide bonds. The fourth-order valence-corrected chi connectivity index (χ4v) is 4.90. The van der Waals surface area contributed by atoms with Gasteiger partial charge in [-0.15, -0.1) is 11.8 Å². The van der Waals surface area contributed by atoms with Gasteiger partial charge in [-0.2, -0.15) is 0 Å². The predicted octanol–water partition coefficient (Wildman–Crippen LogP) is 4.12. The second kappa shape index (κ2) is 10.8. The largest absolute Gasteiger partial charge is 0.489 e. The van der Waals surface area contributed by atoms with Crippen LogP contribution in [0.5, 0.6) is 5.75 Å². The van der Waals surface area contributed by atoms with Gasteiger partial charge in [0, 0.05) is 42.2 Å². The van der Waals surface area contributed by atoms with E-state index in [-0.39, 0.29) is 35.3 Å². The Balaban J connectivity index is 1.68. The molecule has 0 radical (unpaired) electrons. The van der Waals surface area contributed by atoms with E-state index in [1.807, 2.05) is 45.9 Å². The summed E-state index contributed by atoms with van der Waals surface area (Å²) in [5.41, 5.74) is 2.03. The van der Waals surface area contributed by atoms with Gasteiger partial charge in [-0.25, -0.2) is 0 Å². The first-order chi connectivity index (χ1) is 15.6. The van der Waals surface area contributed by atoms with Crippen LogP contribution in [-0.4, -0.2) is 40.0 Å². The van der Waals surface area contributed by atoms with E-state index in [1.165, 1.54) is 0 Å². The lowest BCUT2D eigenvalue weighted by atomic mass is 9.86. The fraction of sp³-hybridized carbons (Fsp3) is 0.607. The molecule has 1 aliphatic carbocycles. The van der Waals surface area contributed by atoms with Crippen LogP contribution in [0.15, 0.2) is 30.4 Å². The van der Waals surface area contributed by atoms with E-state index in [0.29, 0.717) is 19.3 Å². The second-order valence-corrected chi connectivity index (χ2v) is 10.5. The van der Waals surface area contributed by atoms with Crippen LogP contribution in [0.1, 0.15) is 77.3 Å². The number of aliphatic hydroxyl groups excluding tert-OH is 2. The summed E-state index contributed by atoms with van der Waals surface area (Å²) in [6.45, 7) is 9.74. The molecule has 6 atom stereocenters. The van der Waals surface area contributed by atoms with Gasteiger partial charge in [0.25, 0.3) is 0 Å². The molecular formula is C28H39NO4. The first kappa shape index (κ1) is 25.3. The smallest absolute Gasteiger partial charge is 0.220 e. The lowest BCUT2D eigenvalue weighted by Crippen LogP contribution is -2.40. The van der Waals surface area contributed by atoms with Gasteiger partial charge in [0.2, 0.25) is 5.91 Å². The van der Waals surface area contributed by atoms with Crippen LogP contribution < -0.4 is 10.1 Å². The maximum absolute atomic E-state index is 12.1. The first-order valence-corrected chi connectivity index (χ1v) is 12.1. The van der Waals surface area contributed by atoms with Crippen molar-refractivity contribution in [2.45, 2.75) is 96.5 Å². The van der Waals surface area contributed by atoms with Gasteiger partial charge in [0.1, 0.15) is 11.9 Å². The molecule has 1 saturated carbocycles. The predicted molar refractivity (Wildman–Crippen MR) is 131 cm³/mol. The lowest BCUT2D eigenvalue weighted by Gasteiger charge is -2.20. The molecule has 1 aromatic rings. The summed E-state index contributed by atoms with van der Waals surface area (Å²) < 4.78 is 6.33. The van der Waals surface area contributed by atoms with Gasteiger partial charge in [-0.1, -0.05) is 37.3 Å². The Morgan fingerprint density at radius 3 is 2.82 bits per heavy atom. The number of aliphatic hydroxyl groups is 2. The van der Waals surface area contributed by atoms with Crippen LogP contribution >= 0.6 is 0 Å². The van der Waals surface area contributed by atoms with Crippen molar-refractivity contribution in [2.24, 2.45) is 11.8 Å². The normalized spacial score (nSPS) is 25.5. The molecule has 0 spiro atoms. The van der Waals surface area contributed by atoms with Gasteiger partial charge in [-0.05, 0) is 52.0 Å². The van der Waals surface area contributed by atoms with Crippen molar-refractivity contribution in [3.8, 4) is 17.6 Å². The molecule has 180 valence electrons. The second-order valence-electron chi connectivity index (χ2n) is 10.5. The standard InChI is InChI=1S/C28H39NO4/c1-6-7-10-18(2)22(30)16-15-20-23(31)17-24-26(20)21-13-8-11-19(27(21)33-24)12-9-14-25(32)29-28(3,4)5/h8,11,13,15-16,18,20,22-24,26,30-31H,9-10,12,14,17H2,1-5H3,(H,29,32)/t18-,20+,22-,23-,24+,26+/m1/s1. The number of hydrogen-bond acceptors (Lipinski definition) is 4. The highest BCUT2D eigenvalue weighted by molar-refractivity contribution is 5.76. The number of rotatable bonds is 8. The molecule has 3 rings (SSSR count). The number of nitrogens with one attached hydrogen (secondary N) is 1.